The summed E-state index contributed by atoms with van der Waals surface area (Å²) in [5, 5.41) is 4.86. The highest BCUT2D eigenvalue weighted by atomic mass is 35.5. The van der Waals surface area contributed by atoms with E-state index in [9.17, 15) is 9.59 Å². The van der Waals surface area contributed by atoms with Gasteiger partial charge < -0.3 is 20.7 Å². The number of nitrogens with zero attached hydrogens (tertiary/aromatic N) is 3. The molecule has 2 atom stereocenters. The number of amides is 2. The third-order valence-electron chi connectivity index (χ3n) is 6.81. The van der Waals surface area contributed by atoms with Crippen LogP contribution in [0.1, 0.15) is 47.8 Å². The van der Waals surface area contributed by atoms with Gasteiger partial charge in [0.25, 0.3) is 5.91 Å². The maximum atomic E-state index is 13.2. The summed E-state index contributed by atoms with van der Waals surface area (Å²) in [5.41, 5.74) is 9.68. The van der Waals surface area contributed by atoms with Crippen molar-refractivity contribution in [1.29, 1.82) is 0 Å². The molecular formula is C25H34ClN5O3. The van der Waals surface area contributed by atoms with Crippen LogP contribution in [0.4, 0.5) is 4.79 Å². The topological polar surface area (TPSA) is 101 Å². The van der Waals surface area contributed by atoms with Gasteiger partial charge >= 0.3 is 6.09 Å². The number of rotatable bonds is 6. The molecule has 184 valence electrons. The second kappa shape index (κ2) is 10.9. The van der Waals surface area contributed by atoms with Gasteiger partial charge in [-0.2, -0.15) is 0 Å². The van der Waals surface area contributed by atoms with Gasteiger partial charge in [0.05, 0.1) is 23.7 Å². The summed E-state index contributed by atoms with van der Waals surface area (Å²) in [6.45, 7) is 4.28. The first-order valence-electron chi connectivity index (χ1n) is 12.2. The number of carbonyl (C=O) groups excluding carboxylic acids is 2. The second-order valence-electron chi connectivity index (χ2n) is 9.21. The van der Waals surface area contributed by atoms with Crippen molar-refractivity contribution in [1.82, 2.24) is 20.1 Å². The zero-order valence-electron chi connectivity index (χ0n) is 20.0. The minimum Gasteiger partial charge on any atom is -0.449 e. The van der Waals surface area contributed by atoms with Crippen LogP contribution in [-0.2, 0) is 17.6 Å². The van der Waals surface area contributed by atoms with Crippen molar-refractivity contribution in [3.8, 4) is 0 Å². The summed E-state index contributed by atoms with van der Waals surface area (Å²) in [7, 11) is 1.97. The molecule has 1 unspecified atom stereocenters. The van der Waals surface area contributed by atoms with Crippen molar-refractivity contribution in [3.05, 3.63) is 40.0 Å². The SMILES string of the molecule is CCCOC(=O)N1CCN(C(=O)c2ccc3c(Cl)c4c(nc3c2)CC(CCNC)CC4)C[C@H]1N. The molecule has 1 aliphatic carbocycles. The molecule has 0 bridgehead atoms. The predicted octanol–water partition coefficient (Wildman–Crippen LogP) is 3.19. The van der Waals surface area contributed by atoms with Gasteiger partial charge in [-0.15, -0.1) is 0 Å². The first kappa shape index (κ1) is 24.7. The van der Waals surface area contributed by atoms with Gasteiger partial charge in [0.2, 0.25) is 0 Å². The number of piperazine rings is 1. The van der Waals surface area contributed by atoms with Crippen LogP contribution >= 0.6 is 11.6 Å². The number of pyridine rings is 1. The molecule has 0 radical (unpaired) electrons. The maximum absolute atomic E-state index is 13.2. The van der Waals surface area contributed by atoms with Crippen LogP contribution in [-0.4, -0.2) is 72.8 Å². The van der Waals surface area contributed by atoms with Gasteiger partial charge in [-0.25, -0.2) is 4.79 Å². The van der Waals surface area contributed by atoms with Crippen LogP contribution in [0.3, 0.4) is 0 Å². The van der Waals surface area contributed by atoms with E-state index in [1.54, 1.807) is 11.0 Å². The Morgan fingerprint density at radius 1 is 1.32 bits per heavy atom. The third-order valence-corrected chi connectivity index (χ3v) is 7.24. The van der Waals surface area contributed by atoms with Gasteiger partial charge in [0, 0.05) is 29.7 Å². The summed E-state index contributed by atoms with van der Waals surface area (Å²) in [6, 6.07) is 5.52. The number of carbonyl (C=O) groups is 2. The summed E-state index contributed by atoms with van der Waals surface area (Å²) in [4.78, 5) is 33.5. The summed E-state index contributed by atoms with van der Waals surface area (Å²) >= 11 is 6.78. The number of halogens is 1. The third kappa shape index (κ3) is 5.14. The Bertz CT molecular complexity index is 1060. The van der Waals surface area contributed by atoms with Crippen LogP contribution in [0.15, 0.2) is 18.2 Å². The number of nitrogens with one attached hydrogen (secondary N) is 1. The average molecular weight is 488 g/mol. The van der Waals surface area contributed by atoms with E-state index in [4.69, 9.17) is 27.1 Å². The molecule has 2 amide bonds. The Kier molecular flexibility index (Phi) is 7.91. The lowest BCUT2D eigenvalue weighted by molar-refractivity contribution is 0.0390. The minimum absolute atomic E-state index is 0.124. The fraction of sp³-hybridized carbons (Fsp3) is 0.560. The number of hydrogen-bond acceptors (Lipinski definition) is 6. The molecule has 34 heavy (non-hydrogen) atoms. The normalized spacial score (nSPS) is 20.4. The quantitative estimate of drug-likeness (QED) is 0.649. The number of benzene rings is 1. The Hall–Kier alpha value is -2.42. The van der Waals surface area contributed by atoms with E-state index in [0.29, 0.717) is 31.2 Å². The van der Waals surface area contributed by atoms with Gasteiger partial charge in [-0.05, 0) is 69.3 Å². The summed E-state index contributed by atoms with van der Waals surface area (Å²) < 4.78 is 5.19. The van der Waals surface area contributed by atoms with Crippen LogP contribution < -0.4 is 11.1 Å². The van der Waals surface area contributed by atoms with Crippen molar-refractivity contribution >= 4 is 34.5 Å². The van der Waals surface area contributed by atoms with E-state index in [0.717, 1.165) is 65.8 Å². The molecule has 2 aromatic rings. The predicted molar refractivity (Wildman–Crippen MR) is 133 cm³/mol. The highest BCUT2D eigenvalue weighted by Gasteiger charge is 2.32. The fourth-order valence-electron chi connectivity index (χ4n) is 4.86. The van der Waals surface area contributed by atoms with Gasteiger partial charge in [-0.1, -0.05) is 24.6 Å². The molecule has 0 saturated carbocycles. The molecule has 2 aliphatic rings. The first-order valence-corrected chi connectivity index (χ1v) is 12.5. The highest BCUT2D eigenvalue weighted by molar-refractivity contribution is 6.36. The van der Waals surface area contributed by atoms with Crippen molar-refractivity contribution in [2.24, 2.45) is 11.7 Å². The van der Waals surface area contributed by atoms with Crippen molar-refractivity contribution < 1.29 is 14.3 Å². The molecule has 1 aromatic heterocycles. The molecule has 4 rings (SSSR count). The molecule has 1 saturated heterocycles. The number of aromatic nitrogens is 1. The average Bonchev–Trinajstić information content (AvgIpc) is 2.85. The van der Waals surface area contributed by atoms with Crippen molar-refractivity contribution in [2.45, 2.75) is 45.2 Å². The van der Waals surface area contributed by atoms with E-state index in [-0.39, 0.29) is 12.5 Å². The molecule has 0 spiro atoms. The zero-order chi connectivity index (χ0) is 24.2. The van der Waals surface area contributed by atoms with E-state index in [2.05, 4.69) is 5.32 Å². The smallest absolute Gasteiger partial charge is 0.411 e. The van der Waals surface area contributed by atoms with Crippen LogP contribution in [0.25, 0.3) is 10.9 Å². The zero-order valence-corrected chi connectivity index (χ0v) is 20.7. The number of nitrogens with two attached hydrogens (primary N) is 1. The van der Waals surface area contributed by atoms with Crippen molar-refractivity contribution in [2.75, 3.05) is 39.8 Å². The molecule has 1 aromatic carbocycles. The standard InChI is InChI=1S/C25H34ClN5O3/c1-3-12-34-25(33)31-11-10-30(15-22(31)27)24(32)17-5-7-19-21(14-17)29-20-13-16(8-9-28-2)4-6-18(20)23(19)26/h5,7,14,16,22,28H,3-4,6,8-13,15,27H2,1-2H3/t16?,22-/m0/s1. The molecule has 2 heterocycles. The summed E-state index contributed by atoms with van der Waals surface area (Å²) in [6.07, 6.45) is 3.81. The fourth-order valence-corrected chi connectivity index (χ4v) is 5.23. The lowest BCUT2D eigenvalue weighted by atomic mass is 9.84. The van der Waals surface area contributed by atoms with Crippen LogP contribution in [0.2, 0.25) is 5.02 Å². The largest absolute Gasteiger partial charge is 0.449 e. The molecule has 9 heteroatoms. The monoisotopic (exact) mass is 487 g/mol. The van der Waals surface area contributed by atoms with E-state index < -0.39 is 12.3 Å². The van der Waals surface area contributed by atoms with E-state index >= 15 is 0 Å². The molecule has 1 aliphatic heterocycles. The Labute approximate surface area is 205 Å². The second-order valence-corrected chi connectivity index (χ2v) is 9.59. The molecule has 3 N–H and O–H groups in total. The van der Waals surface area contributed by atoms with Crippen LogP contribution in [0.5, 0.6) is 0 Å². The minimum atomic E-state index is -0.600. The van der Waals surface area contributed by atoms with E-state index in [1.165, 1.54) is 4.90 Å². The van der Waals surface area contributed by atoms with Gasteiger partial charge in [0.1, 0.15) is 6.17 Å². The van der Waals surface area contributed by atoms with Crippen molar-refractivity contribution in [3.63, 3.8) is 0 Å². The number of hydrogen-bond donors (Lipinski definition) is 2. The Balaban J connectivity index is 1.50. The summed E-state index contributed by atoms with van der Waals surface area (Å²) in [5.74, 6) is 0.467. The number of ether oxygens (including phenoxy) is 1. The van der Waals surface area contributed by atoms with Gasteiger partial charge in [0.15, 0.2) is 0 Å². The van der Waals surface area contributed by atoms with Gasteiger partial charge in [-0.3, -0.25) is 14.7 Å². The lowest BCUT2D eigenvalue weighted by Gasteiger charge is -2.38. The maximum Gasteiger partial charge on any atom is 0.411 e. The number of fused-ring (bicyclic) bond motifs is 2. The first-order chi connectivity index (χ1) is 16.4. The molecule has 8 nitrogen and oxygen atoms in total. The molecule has 1 fully saturated rings. The Morgan fingerprint density at radius 3 is 2.88 bits per heavy atom. The highest BCUT2D eigenvalue weighted by Crippen LogP contribution is 2.35. The lowest BCUT2D eigenvalue weighted by Crippen LogP contribution is -2.60. The Morgan fingerprint density at radius 2 is 2.15 bits per heavy atom. The van der Waals surface area contributed by atoms with E-state index in [1.807, 2.05) is 26.1 Å². The molecular weight excluding hydrogens is 454 g/mol. The van der Waals surface area contributed by atoms with Crippen LogP contribution in [0, 0.1) is 5.92 Å².